The van der Waals surface area contributed by atoms with E-state index in [0.717, 1.165) is 32.0 Å². The zero-order valence-corrected chi connectivity index (χ0v) is 13.9. The van der Waals surface area contributed by atoms with Gasteiger partial charge in [0.15, 0.2) is 0 Å². The molecule has 1 saturated heterocycles. The molecule has 1 aromatic carbocycles. The van der Waals surface area contributed by atoms with Gasteiger partial charge in [0, 0.05) is 18.2 Å². The van der Waals surface area contributed by atoms with Gasteiger partial charge in [0.05, 0.1) is 4.90 Å². The van der Waals surface area contributed by atoms with Crippen LogP contribution in [0.25, 0.3) is 0 Å². The Morgan fingerprint density at radius 1 is 1.13 bits per heavy atom. The summed E-state index contributed by atoms with van der Waals surface area (Å²) in [6.45, 7) is 2.94. The highest BCUT2D eigenvalue weighted by Gasteiger charge is 2.31. The van der Waals surface area contributed by atoms with Crippen LogP contribution in [0.5, 0.6) is 0 Å². The van der Waals surface area contributed by atoms with Gasteiger partial charge in [-0.2, -0.15) is 0 Å². The van der Waals surface area contributed by atoms with Crippen LogP contribution in [0.1, 0.15) is 36.0 Å². The third kappa shape index (κ3) is 4.31. The van der Waals surface area contributed by atoms with Crippen molar-refractivity contribution in [2.45, 2.75) is 36.6 Å². The van der Waals surface area contributed by atoms with Gasteiger partial charge >= 0.3 is 0 Å². The van der Waals surface area contributed by atoms with Crippen LogP contribution in [0.15, 0.2) is 29.2 Å². The molecule has 126 valence electrons. The number of carbonyl (C=O) groups excluding carboxylic acids is 1. The molecule has 1 saturated carbocycles. The Morgan fingerprint density at radius 2 is 1.74 bits per heavy atom. The number of primary sulfonamides is 1. The quantitative estimate of drug-likeness (QED) is 0.836. The van der Waals surface area contributed by atoms with Gasteiger partial charge in [-0.05, 0) is 69.0 Å². The van der Waals surface area contributed by atoms with Gasteiger partial charge in [-0.25, -0.2) is 13.6 Å². The summed E-state index contributed by atoms with van der Waals surface area (Å²) in [6, 6.07) is 6.52. The predicted molar refractivity (Wildman–Crippen MR) is 87.5 cm³/mol. The molecule has 3 N–H and O–H groups in total. The van der Waals surface area contributed by atoms with Gasteiger partial charge < -0.3 is 10.2 Å². The first-order chi connectivity index (χ1) is 10.9. The second-order valence-electron chi connectivity index (χ2n) is 6.49. The standard InChI is InChI=1S/C16H23N3O3S/c17-23(21,22)15-5-1-13(2-6-15)16(20)18-11-12-7-9-19(10-8-12)14-3-4-14/h1-2,5-6,12,14H,3-4,7-11H2,(H,18,20)(H2,17,21,22). The Morgan fingerprint density at radius 3 is 2.26 bits per heavy atom. The monoisotopic (exact) mass is 337 g/mol. The Bertz CT molecular complexity index is 660. The second-order valence-corrected chi connectivity index (χ2v) is 8.05. The fraction of sp³-hybridized carbons (Fsp3) is 0.562. The van der Waals surface area contributed by atoms with Crippen molar-refractivity contribution in [2.24, 2.45) is 11.1 Å². The summed E-state index contributed by atoms with van der Waals surface area (Å²) in [6.07, 6.45) is 4.94. The third-order valence-electron chi connectivity index (χ3n) is 4.71. The SMILES string of the molecule is NS(=O)(=O)c1ccc(C(=O)NCC2CCN(C3CC3)CC2)cc1. The molecule has 0 atom stereocenters. The third-order valence-corrected chi connectivity index (χ3v) is 5.64. The van der Waals surface area contributed by atoms with Crippen LogP contribution in [0.3, 0.4) is 0 Å². The van der Waals surface area contributed by atoms with E-state index in [-0.39, 0.29) is 10.8 Å². The molecule has 1 aromatic rings. The van der Waals surface area contributed by atoms with E-state index in [9.17, 15) is 13.2 Å². The average Bonchev–Trinajstić information content (AvgIpc) is 3.37. The number of amides is 1. The molecule has 7 heteroatoms. The lowest BCUT2D eigenvalue weighted by Crippen LogP contribution is -2.39. The first-order valence-corrected chi connectivity index (χ1v) is 9.63. The molecule has 0 bridgehead atoms. The highest BCUT2D eigenvalue weighted by molar-refractivity contribution is 7.89. The Hall–Kier alpha value is -1.44. The molecule has 1 amide bonds. The van der Waals surface area contributed by atoms with E-state index < -0.39 is 10.0 Å². The van der Waals surface area contributed by atoms with Crippen LogP contribution in [0.4, 0.5) is 0 Å². The van der Waals surface area contributed by atoms with Crippen LogP contribution in [0.2, 0.25) is 0 Å². The fourth-order valence-corrected chi connectivity index (χ4v) is 3.61. The molecule has 1 aliphatic carbocycles. The zero-order valence-electron chi connectivity index (χ0n) is 13.1. The summed E-state index contributed by atoms with van der Waals surface area (Å²) in [5.41, 5.74) is 0.452. The molecule has 0 aromatic heterocycles. The van der Waals surface area contributed by atoms with Crippen LogP contribution in [0, 0.1) is 5.92 Å². The molecule has 1 heterocycles. The molecule has 23 heavy (non-hydrogen) atoms. The zero-order chi connectivity index (χ0) is 16.4. The van der Waals surface area contributed by atoms with Crippen molar-refractivity contribution in [3.8, 4) is 0 Å². The van der Waals surface area contributed by atoms with Crippen molar-refractivity contribution < 1.29 is 13.2 Å². The second kappa shape index (κ2) is 6.59. The lowest BCUT2D eigenvalue weighted by molar-refractivity contribution is 0.0935. The number of nitrogens with one attached hydrogen (secondary N) is 1. The summed E-state index contributed by atoms with van der Waals surface area (Å²) in [4.78, 5) is 14.7. The highest BCUT2D eigenvalue weighted by atomic mass is 32.2. The van der Waals surface area contributed by atoms with Gasteiger partial charge in [0.2, 0.25) is 10.0 Å². The minimum absolute atomic E-state index is 0.0153. The summed E-state index contributed by atoms with van der Waals surface area (Å²) in [5, 5.41) is 7.99. The maximum absolute atomic E-state index is 12.1. The van der Waals surface area contributed by atoms with E-state index in [1.165, 1.54) is 37.1 Å². The molecule has 0 unspecified atom stereocenters. The molecule has 3 rings (SSSR count). The summed E-state index contributed by atoms with van der Waals surface area (Å²) in [5.74, 6) is 0.355. The first kappa shape index (κ1) is 16.4. The number of hydrogen-bond acceptors (Lipinski definition) is 4. The van der Waals surface area contributed by atoms with E-state index in [0.29, 0.717) is 18.0 Å². The summed E-state index contributed by atoms with van der Waals surface area (Å²) >= 11 is 0. The number of likely N-dealkylation sites (tertiary alicyclic amines) is 1. The van der Waals surface area contributed by atoms with Gasteiger partial charge in [0.25, 0.3) is 5.91 Å². The van der Waals surface area contributed by atoms with Crippen LogP contribution in [-0.2, 0) is 10.0 Å². The van der Waals surface area contributed by atoms with E-state index in [2.05, 4.69) is 10.2 Å². The number of benzene rings is 1. The van der Waals surface area contributed by atoms with Crippen molar-refractivity contribution >= 4 is 15.9 Å². The van der Waals surface area contributed by atoms with Crippen molar-refractivity contribution in [1.29, 1.82) is 0 Å². The van der Waals surface area contributed by atoms with Crippen LogP contribution >= 0.6 is 0 Å². The molecule has 1 aliphatic heterocycles. The van der Waals surface area contributed by atoms with Crippen molar-refractivity contribution in [3.63, 3.8) is 0 Å². The number of piperidine rings is 1. The summed E-state index contributed by atoms with van der Waals surface area (Å²) < 4.78 is 22.4. The largest absolute Gasteiger partial charge is 0.352 e. The molecular formula is C16H23N3O3S. The molecular weight excluding hydrogens is 314 g/mol. The number of nitrogens with two attached hydrogens (primary N) is 1. The maximum Gasteiger partial charge on any atom is 0.251 e. The topological polar surface area (TPSA) is 92.5 Å². The van der Waals surface area contributed by atoms with Crippen molar-refractivity contribution in [1.82, 2.24) is 10.2 Å². The number of rotatable bonds is 5. The van der Waals surface area contributed by atoms with E-state index in [1.54, 1.807) is 0 Å². The fourth-order valence-electron chi connectivity index (χ4n) is 3.10. The first-order valence-electron chi connectivity index (χ1n) is 8.08. The van der Waals surface area contributed by atoms with E-state index in [1.807, 2.05) is 0 Å². The lowest BCUT2D eigenvalue weighted by atomic mass is 9.96. The lowest BCUT2D eigenvalue weighted by Gasteiger charge is -2.32. The molecule has 2 aliphatic rings. The Kier molecular flexibility index (Phi) is 4.70. The number of nitrogens with zero attached hydrogens (tertiary/aromatic N) is 1. The number of sulfonamides is 1. The van der Waals surface area contributed by atoms with Gasteiger partial charge in [-0.3, -0.25) is 4.79 Å². The molecule has 0 spiro atoms. The number of hydrogen-bond donors (Lipinski definition) is 2. The Labute approximate surface area is 137 Å². The highest BCUT2D eigenvalue weighted by Crippen LogP contribution is 2.30. The molecule has 2 fully saturated rings. The van der Waals surface area contributed by atoms with Gasteiger partial charge in [-0.1, -0.05) is 0 Å². The smallest absolute Gasteiger partial charge is 0.251 e. The maximum atomic E-state index is 12.1. The van der Waals surface area contributed by atoms with Crippen LogP contribution in [-0.4, -0.2) is 44.9 Å². The van der Waals surface area contributed by atoms with Crippen LogP contribution < -0.4 is 10.5 Å². The normalized spacial score (nSPS) is 20.4. The predicted octanol–water partition coefficient (Wildman–Crippen LogP) is 0.938. The molecule has 0 radical (unpaired) electrons. The summed E-state index contributed by atoms with van der Waals surface area (Å²) in [7, 11) is -3.72. The van der Waals surface area contributed by atoms with Gasteiger partial charge in [0.1, 0.15) is 0 Å². The Balaban J connectivity index is 1.47. The van der Waals surface area contributed by atoms with Crippen molar-refractivity contribution in [3.05, 3.63) is 29.8 Å². The number of carbonyl (C=O) groups is 1. The minimum atomic E-state index is -3.72. The van der Waals surface area contributed by atoms with Crippen molar-refractivity contribution in [2.75, 3.05) is 19.6 Å². The van der Waals surface area contributed by atoms with E-state index in [4.69, 9.17) is 5.14 Å². The van der Waals surface area contributed by atoms with E-state index >= 15 is 0 Å². The molecule has 6 nitrogen and oxygen atoms in total. The van der Waals surface area contributed by atoms with Gasteiger partial charge in [-0.15, -0.1) is 0 Å². The minimum Gasteiger partial charge on any atom is -0.352 e. The average molecular weight is 337 g/mol.